The number of aliphatic hydroxyl groups is 1. The van der Waals surface area contributed by atoms with E-state index in [1.54, 1.807) is 24.3 Å². The van der Waals surface area contributed by atoms with E-state index in [1.165, 1.54) is 18.2 Å². The molecule has 11 heteroatoms. The van der Waals surface area contributed by atoms with Crippen molar-refractivity contribution in [2.24, 2.45) is 0 Å². The number of anilines is 1. The number of hydrogen-bond donors (Lipinski definition) is 5. The first-order chi connectivity index (χ1) is 15.2. The summed E-state index contributed by atoms with van der Waals surface area (Å²) in [5, 5.41) is 21.3. The van der Waals surface area contributed by atoms with Crippen LogP contribution in [0, 0.1) is 0 Å². The number of nitrogens with one attached hydrogen (secondary N) is 1. The van der Waals surface area contributed by atoms with E-state index >= 15 is 0 Å². The van der Waals surface area contributed by atoms with E-state index in [9.17, 15) is 27.7 Å². The molecule has 0 aliphatic carbocycles. The first-order valence-electron chi connectivity index (χ1n) is 9.88. The predicted octanol–water partition coefficient (Wildman–Crippen LogP) is 3.19. The molecule has 0 bridgehead atoms. The highest BCUT2D eigenvalue weighted by Crippen LogP contribution is 2.49. The highest BCUT2D eigenvalue weighted by molar-refractivity contribution is 8.24. The minimum atomic E-state index is -3.92. The molecule has 3 aromatic rings. The molecule has 3 aromatic carbocycles. The van der Waals surface area contributed by atoms with Gasteiger partial charge in [-0.1, -0.05) is 53.4 Å². The molecule has 5 N–H and O–H groups in total. The number of rotatable bonds is 7. The first-order valence-corrected chi connectivity index (χ1v) is 12.8. The summed E-state index contributed by atoms with van der Waals surface area (Å²) in [5.41, 5.74) is 0.897. The maximum atomic E-state index is 12.7. The van der Waals surface area contributed by atoms with Crippen LogP contribution < -0.4 is 9.03 Å². The number of benzene rings is 3. The molecule has 1 aliphatic heterocycles. The lowest BCUT2D eigenvalue weighted by molar-refractivity contribution is 0.182. The van der Waals surface area contributed by atoms with Crippen molar-refractivity contribution in [3.8, 4) is 5.75 Å². The zero-order valence-corrected chi connectivity index (χ0v) is 18.6. The van der Waals surface area contributed by atoms with E-state index < -0.39 is 27.3 Å². The number of aliphatic hydroxyl groups excluding tert-OH is 1. The van der Waals surface area contributed by atoms with Crippen molar-refractivity contribution in [1.29, 1.82) is 0 Å². The van der Waals surface area contributed by atoms with E-state index in [-0.39, 0.29) is 29.5 Å². The van der Waals surface area contributed by atoms with E-state index in [2.05, 4.69) is 4.72 Å². The summed E-state index contributed by atoms with van der Waals surface area (Å²) in [5.74, 6) is -0.178. The molecule has 32 heavy (non-hydrogen) atoms. The number of fused-ring (bicyclic) bond motifs is 1. The lowest BCUT2D eigenvalue weighted by Gasteiger charge is -2.36. The fraction of sp³-hybridized carbons (Fsp3) is 0.238. The van der Waals surface area contributed by atoms with E-state index in [4.69, 9.17) is 4.18 Å². The molecular formula is C21H24N2O7S2. The molecule has 4 rings (SSSR count). The van der Waals surface area contributed by atoms with Gasteiger partial charge in [0.05, 0.1) is 13.2 Å². The Morgan fingerprint density at radius 3 is 2.56 bits per heavy atom. The van der Waals surface area contributed by atoms with Crippen LogP contribution in [0.4, 0.5) is 5.69 Å². The maximum absolute atomic E-state index is 12.7. The fourth-order valence-electron chi connectivity index (χ4n) is 3.64. The summed E-state index contributed by atoms with van der Waals surface area (Å²) in [6.45, 7) is -0.119. The Labute approximate surface area is 187 Å². The zero-order valence-electron chi connectivity index (χ0n) is 17.0. The van der Waals surface area contributed by atoms with Crippen molar-refractivity contribution in [2.45, 2.75) is 24.0 Å². The molecule has 1 aliphatic rings. The van der Waals surface area contributed by atoms with E-state index in [0.717, 1.165) is 15.3 Å². The monoisotopic (exact) mass is 480 g/mol. The van der Waals surface area contributed by atoms with Gasteiger partial charge in [0.25, 0.3) is 10.1 Å². The Morgan fingerprint density at radius 2 is 1.84 bits per heavy atom. The fourth-order valence-corrected chi connectivity index (χ4v) is 6.15. The highest BCUT2D eigenvalue weighted by atomic mass is 32.3. The van der Waals surface area contributed by atoms with Crippen LogP contribution in [0.5, 0.6) is 5.75 Å². The smallest absolute Gasteiger partial charge is 0.297 e. The van der Waals surface area contributed by atoms with Gasteiger partial charge in [-0.2, -0.15) is 13.1 Å². The standard InChI is InChI=1S/C21H24N2O7S2/c24-19-13-15(10-11-18(19)23-14-21(25)22-32(23,28)29)5-4-12-30-31(26,27)20-9-3-7-16-6-1-2-8-17(16)20/h1-3,6-11,13,21-22,24-25,28-29H,4-5,12,14H2. The van der Waals surface area contributed by atoms with Crippen molar-refractivity contribution < 1.29 is 31.9 Å². The van der Waals surface area contributed by atoms with Gasteiger partial charge in [-0.25, -0.2) is 0 Å². The number of aromatic hydroxyl groups is 1. The summed E-state index contributed by atoms with van der Waals surface area (Å²) in [4.78, 5) is 0.123. The Bertz CT molecular complexity index is 1230. The Balaban J connectivity index is 1.38. The van der Waals surface area contributed by atoms with Crippen LogP contribution in [0.15, 0.2) is 65.6 Å². The summed E-state index contributed by atoms with van der Waals surface area (Å²) < 4.78 is 53.9. The molecule has 0 saturated carbocycles. The van der Waals surface area contributed by atoms with Crippen molar-refractivity contribution in [3.05, 3.63) is 66.2 Å². The normalized spacial score (nSPS) is 19.3. The van der Waals surface area contributed by atoms with Crippen molar-refractivity contribution in [2.75, 3.05) is 17.5 Å². The Morgan fingerprint density at radius 1 is 1.09 bits per heavy atom. The van der Waals surface area contributed by atoms with Crippen LogP contribution in [0.3, 0.4) is 0 Å². The zero-order chi connectivity index (χ0) is 22.9. The quantitative estimate of drug-likeness (QED) is 0.255. The van der Waals surface area contributed by atoms with Gasteiger partial charge in [0.2, 0.25) is 0 Å². The largest absolute Gasteiger partial charge is 0.506 e. The minimum absolute atomic E-state index is 0.0309. The topological polar surface area (TPSA) is 140 Å². The molecule has 0 radical (unpaired) electrons. The third-order valence-electron chi connectivity index (χ3n) is 5.12. The van der Waals surface area contributed by atoms with Crippen LogP contribution in [-0.4, -0.2) is 47.1 Å². The third-order valence-corrected chi connectivity index (χ3v) is 8.04. The number of hydrogen-bond acceptors (Lipinski definition) is 9. The van der Waals surface area contributed by atoms with Gasteiger partial charge < -0.3 is 10.2 Å². The minimum Gasteiger partial charge on any atom is -0.506 e. The molecule has 9 nitrogen and oxygen atoms in total. The van der Waals surface area contributed by atoms with Crippen molar-refractivity contribution in [3.63, 3.8) is 0 Å². The number of phenolic OH excluding ortho intramolecular Hbond substituents is 1. The summed E-state index contributed by atoms with van der Waals surface area (Å²) >= 11 is 0. The number of aryl methyl sites for hydroxylation is 1. The Kier molecular flexibility index (Phi) is 6.32. The molecule has 1 unspecified atom stereocenters. The van der Waals surface area contributed by atoms with Gasteiger partial charge in [-0.05, 0) is 42.0 Å². The SMILES string of the molecule is O=S(=O)(OCCCc1ccc(N2CC(O)NS2(O)O)c(O)c1)c1cccc2ccccc12. The molecule has 0 spiro atoms. The third kappa shape index (κ3) is 4.69. The molecule has 172 valence electrons. The van der Waals surface area contributed by atoms with E-state index in [1.807, 2.05) is 18.2 Å². The molecule has 1 saturated heterocycles. The second kappa shape index (κ2) is 8.87. The second-order valence-electron chi connectivity index (χ2n) is 7.39. The Hall–Kier alpha value is -2.38. The van der Waals surface area contributed by atoms with Gasteiger partial charge in [-0.15, -0.1) is 0 Å². The molecule has 1 atom stereocenters. The van der Waals surface area contributed by atoms with Gasteiger partial charge >= 0.3 is 0 Å². The summed E-state index contributed by atoms with van der Waals surface area (Å²) in [6.07, 6.45) is -0.294. The number of β-amino-alcohol motifs (C(OH)–C–C–N with tert-alkyl or cyclic N) is 1. The van der Waals surface area contributed by atoms with Crippen LogP contribution in [-0.2, 0) is 20.7 Å². The van der Waals surface area contributed by atoms with Gasteiger partial charge in [0.15, 0.2) is 0 Å². The van der Waals surface area contributed by atoms with Crippen LogP contribution in [0.1, 0.15) is 12.0 Å². The van der Waals surface area contributed by atoms with Crippen LogP contribution in [0.2, 0.25) is 0 Å². The molecule has 0 amide bonds. The summed E-state index contributed by atoms with van der Waals surface area (Å²) in [6, 6.07) is 16.9. The highest BCUT2D eigenvalue weighted by Gasteiger charge is 2.36. The van der Waals surface area contributed by atoms with E-state index in [0.29, 0.717) is 18.2 Å². The first kappa shape index (κ1) is 22.8. The molecule has 0 aromatic heterocycles. The maximum Gasteiger partial charge on any atom is 0.297 e. The van der Waals surface area contributed by atoms with Crippen LogP contribution in [0.25, 0.3) is 10.8 Å². The molecular weight excluding hydrogens is 456 g/mol. The number of nitrogens with zero attached hydrogens (tertiary/aromatic N) is 1. The molecule has 1 heterocycles. The lowest BCUT2D eigenvalue weighted by Crippen LogP contribution is -2.25. The van der Waals surface area contributed by atoms with Gasteiger partial charge in [-0.3, -0.25) is 17.6 Å². The second-order valence-corrected chi connectivity index (χ2v) is 10.7. The number of phenols is 1. The predicted molar refractivity (Wildman–Crippen MR) is 123 cm³/mol. The average molecular weight is 481 g/mol. The van der Waals surface area contributed by atoms with Crippen molar-refractivity contribution in [1.82, 2.24) is 4.72 Å². The summed E-state index contributed by atoms with van der Waals surface area (Å²) in [7, 11) is -7.34. The average Bonchev–Trinajstić information content (AvgIpc) is 3.02. The van der Waals surface area contributed by atoms with Gasteiger partial charge in [0.1, 0.15) is 22.6 Å². The molecule has 1 fully saturated rings. The van der Waals surface area contributed by atoms with Crippen molar-refractivity contribution >= 4 is 37.5 Å². The van der Waals surface area contributed by atoms with Gasteiger partial charge in [0, 0.05) is 5.39 Å². The van der Waals surface area contributed by atoms with Crippen LogP contribution >= 0.6 is 11.0 Å². The lowest BCUT2D eigenvalue weighted by atomic mass is 10.1.